The molecule has 2 atom stereocenters. The molecule has 0 saturated carbocycles. The fourth-order valence-corrected chi connectivity index (χ4v) is 3.21. The predicted molar refractivity (Wildman–Crippen MR) is 63.9 cm³/mol. The average molecular weight is 292 g/mol. The minimum absolute atomic E-state index is 0.104. The molecule has 0 amide bonds. The highest BCUT2D eigenvalue weighted by molar-refractivity contribution is 9.11. The van der Waals surface area contributed by atoms with Crippen LogP contribution in [-0.4, -0.2) is 40.4 Å². The number of halogens is 1. The molecule has 2 heterocycles. The van der Waals surface area contributed by atoms with Crippen molar-refractivity contribution in [1.82, 2.24) is 4.90 Å². The normalized spacial score (nSPS) is 27.4. The first-order valence-electron chi connectivity index (χ1n) is 4.95. The van der Waals surface area contributed by atoms with Gasteiger partial charge in [0.15, 0.2) is 0 Å². The number of aliphatic hydroxyl groups excluding tert-OH is 2. The molecule has 0 spiro atoms. The molecule has 1 aromatic rings. The van der Waals surface area contributed by atoms with Crippen LogP contribution in [0.3, 0.4) is 0 Å². The van der Waals surface area contributed by atoms with Crippen molar-refractivity contribution in [3.8, 4) is 0 Å². The number of rotatable bonds is 3. The second kappa shape index (κ2) is 4.93. The van der Waals surface area contributed by atoms with Crippen molar-refractivity contribution in [1.29, 1.82) is 0 Å². The van der Waals surface area contributed by atoms with Crippen LogP contribution in [0.5, 0.6) is 0 Å². The lowest BCUT2D eigenvalue weighted by atomic mass is 10.2. The number of thiophene rings is 1. The second-order valence-corrected chi connectivity index (χ2v) is 6.11. The number of hydrogen-bond acceptors (Lipinski definition) is 4. The largest absolute Gasteiger partial charge is 0.395 e. The summed E-state index contributed by atoms with van der Waals surface area (Å²) >= 11 is 5.16. The van der Waals surface area contributed by atoms with Gasteiger partial charge in [-0.2, -0.15) is 0 Å². The van der Waals surface area contributed by atoms with Crippen LogP contribution in [0.25, 0.3) is 0 Å². The molecule has 5 heteroatoms. The first kappa shape index (κ1) is 11.5. The van der Waals surface area contributed by atoms with Gasteiger partial charge in [-0.3, -0.25) is 4.90 Å². The van der Waals surface area contributed by atoms with E-state index >= 15 is 0 Å². The summed E-state index contributed by atoms with van der Waals surface area (Å²) in [6.45, 7) is 1.58. The molecule has 3 nitrogen and oxygen atoms in total. The number of likely N-dealkylation sites (tertiary alicyclic amines) is 1. The van der Waals surface area contributed by atoms with E-state index in [0.717, 1.165) is 10.3 Å². The molecule has 2 unspecified atom stereocenters. The SMILES string of the molecule is OCC1CC(O)CN1Cc1ccsc1Br. The third kappa shape index (κ3) is 2.60. The van der Waals surface area contributed by atoms with Crippen LogP contribution in [-0.2, 0) is 6.54 Å². The van der Waals surface area contributed by atoms with Gasteiger partial charge >= 0.3 is 0 Å². The van der Waals surface area contributed by atoms with E-state index in [4.69, 9.17) is 0 Å². The van der Waals surface area contributed by atoms with Crippen LogP contribution in [0.2, 0.25) is 0 Å². The zero-order valence-corrected chi connectivity index (χ0v) is 10.7. The number of β-amino-alcohol motifs (C(OH)–C–C–N with tert-alkyl or cyclic N) is 1. The van der Waals surface area contributed by atoms with Gasteiger partial charge in [-0.15, -0.1) is 11.3 Å². The van der Waals surface area contributed by atoms with E-state index in [-0.39, 0.29) is 18.8 Å². The molecule has 1 aliphatic rings. The fraction of sp³-hybridized carbons (Fsp3) is 0.600. The Kier molecular flexibility index (Phi) is 3.79. The Morgan fingerprint density at radius 3 is 3.00 bits per heavy atom. The average Bonchev–Trinajstić information content (AvgIpc) is 2.75. The van der Waals surface area contributed by atoms with Crippen molar-refractivity contribution < 1.29 is 10.2 Å². The highest BCUT2D eigenvalue weighted by atomic mass is 79.9. The van der Waals surface area contributed by atoms with E-state index in [1.807, 2.05) is 5.38 Å². The maximum atomic E-state index is 9.54. The molecule has 1 saturated heterocycles. The van der Waals surface area contributed by atoms with Gasteiger partial charge in [0.25, 0.3) is 0 Å². The van der Waals surface area contributed by atoms with Crippen molar-refractivity contribution in [2.45, 2.75) is 25.1 Å². The van der Waals surface area contributed by atoms with Gasteiger partial charge in [0.2, 0.25) is 0 Å². The zero-order valence-electron chi connectivity index (χ0n) is 8.27. The van der Waals surface area contributed by atoms with E-state index in [1.54, 1.807) is 11.3 Å². The fourth-order valence-electron chi connectivity index (χ4n) is 1.99. The summed E-state index contributed by atoms with van der Waals surface area (Å²) in [4.78, 5) is 2.14. The van der Waals surface area contributed by atoms with Gasteiger partial charge in [-0.05, 0) is 39.4 Å². The predicted octanol–water partition coefficient (Wildman–Crippen LogP) is 1.44. The topological polar surface area (TPSA) is 43.7 Å². The first-order valence-corrected chi connectivity index (χ1v) is 6.63. The highest BCUT2D eigenvalue weighted by Crippen LogP contribution is 2.27. The smallest absolute Gasteiger partial charge is 0.0743 e. The molecule has 84 valence electrons. The van der Waals surface area contributed by atoms with Gasteiger partial charge in [0.05, 0.1) is 16.5 Å². The van der Waals surface area contributed by atoms with Gasteiger partial charge < -0.3 is 10.2 Å². The molecule has 2 rings (SSSR count). The lowest BCUT2D eigenvalue weighted by Gasteiger charge is -2.21. The van der Waals surface area contributed by atoms with Crippen molar-refractivity contribution >= 4 is 27.3 Å². The maximum absolute atomic E-state index is 9.54. The van der Waals surface area contributed by atoms with Crippen molar-refractivity contribution in [2.24, 2.45) is 0 Å². The van der Waals surface area contributed by atoms with Crippen molar-refractivity contribution in [3.63, 3.8) is 0 Å². The minimum Gasteiger partial charge on any atom is -0.395 e. The summed E-state index contributed by atoms with van der Waals surface area (Å²) < 4.78 is 1.14. The van der Waals surface area contributed by atoms with Gasteiger partial charge in [0, 0.05) is 19.1 Å². The Bertz CT molecular complexity index is 331. The van der Waals surface area contributed by atoms with E-state index < -0.39 is 0 Å². The quantitative estimate of drug-likeness (QED) is 0.886. The molecule has 1 aliphatic heterocycles. The molecule has 1 fully saturated rings. The Hall–Kier alpha value is 0.0600. The standard InChI is InChI=1S/C10H14BrNO2S/c11-10-7(1-2-15-10)4-12-5-9(14)3-8(12)6-13/h1-2,8-9,13-14H,3-6H2. The highest BCUT2D eigenvalue weighted by Gasteiger charge is 2.30. The van der Waals surface area contributed by atoms with Crippen LogP contribution in [0.1, 0.15) is 12.0 Å². The number of aliphatic hydroxyl groups is 2. The lowest BCUT2D eigenvalue weighted by molar-refractivity contribution is 0.150. The monoisotopic (exact) mass is 291 g/mol. The third-order valence-electron chi connectivity index (χ3n) is 2.78. The van der Waals surface area contributed by atoms with Crippen LogP contribution >= 0.6 is 27.3 Å². The van der Waals surface area contributed by atoms with Crippen LogP contribution < -0.4 is 0 Å². The summed E-state index contributed by atoms with van der Waals surface area (Å²) in [5, 5.41) is 20.8. The summed E-state index contributed by atoms with van der Waals surface area (Å²) in [5.74, 6) is 0. The number of nitrogens with zero attached hydrogens (tertiary/aromatic N) is 1. The zero-order chi connectivity index (χ0) is 10.8. The molecule has 0 aliphatic carbocycles. The first-order chi connectivity index (χ1) is 7.20. The Labute approximate surface area is 101 Å². The molecule has 0 aromatic carbocycles. The van der Waals surface area contributed by atoms with Crippen molar-refractivity contribution in [3.05, 3.63) is 20.8 Å². The van der Waals surface area contributed by atoms with E-state index in [0.29, 0.717) is 13.0 Å². The summed E-state index contributed by atoms with van der Waals surface area (Å²) in [7, 11) is 0. The lowest BCUT2D eigenvalue weighted by Crippen LogP contribution is -2.31. The van der Waals surface area contributed by atoms with Crippen LogP contribution in [0.15, 0.2) is 15.2 Å². The van der Waals surface area contributed by atoms with Gasteiger partial charge in [-0.25, -0.2) is 0 Å². The number of hydrogen-bond donors (Lipinski definition) is 2. The molecular formula is C10H14BrNO2S. The maximum Gasteiger partial charge on any atom is 0.0743 e. The molecular weight excluding hydrogens is 278 g/mol. The molecule has 0 bridgehead atoms. The molecule has 15 heavy (non-hydrogen) atoms. The summed E-state index contributed by atoms with van der Waals surface area (Å²) in [5.41, 5.74) is 1.23. The summed E-state index contributed by atoms with van der Waals surface area (Å²) in [6, 6.07) is 2.18. The van der Waals surface area contributed by atoms with Gasteiger partial charge in [0.1, 0.15) is 0 Å². The summed E-state index contributed by atoms with van der Waals surface area (Å²) in [6.07, 6.45) is 0.387. The minimum atomic E-state index is -0.292. The third-order valence-corrected chi connectivity index (χ3v) is 4.59. The Balaban J connectivity index is 2.02. The molecule has 0 radical (unpaired) electrons. The molecule has 2 N–H and O–H groups in total. The molecule has 1 aromatic heterocycles. The second-order valence-electron chi connectivity index (χ2n) is 3.87. The van der Waals surface area contributed by atoms with Crippen LogP contribution in [0, 0.1) is 0 Å². The Morgan fingerprint density at radius 1 is 1.60 bits per heavy atom. The van der Waals surface area contributed by atoms with E-state index in [2.05, 4.69) is 26.9 Å². The van der Waals surface area contributed by atoms with Crippen LogP contribution in [0.4, 0.5) is 0 Å². The van der Waals surface area contributed by atoms with E-state index in [9.17, 15) is 10.2 Å². The van der Waals surface area contributed by atoms with Crippen molar-refractivity contribution in [2.75, 3.05) is 13.2 Å². The van der Waals surface area contributed by atoms with Gasteiger partial charge in [-0.1, -0.05) is 0 Å². The van der Waals surface area contributed by atoms with E-state index in [1.165, 1.54) is 5.56 Å². The Morgan fingerprint density at radius 2 is 2.40 bits per heavy atom.